The zero-order valence-corrected chi connectivity index (χ0v) is 11.2. The molecule has 84 valence electrons. The Balaban J connectivity index is 2.69. The third-order valence-electron chi connectivity index (χ3n) is 1.65. The molecule has 0 saturated carbocycles. The predicted octanol–water partition coefficient (Wildman–Crippen LogP) is 1.68. The Bertz CT molecular complexity index is 419. The molecule has 0 saturated heterocycles. The van der Waals surface area contributed by atoms with Gasteiger partial charge in [0.1, 0.15) is 0 Å². The fourth-order valence-electron chi connectivity index (χ4n) is 0.976. The molecule has 0 fully saturated rings. The number of anilines is 1. The molecule has 1 aromatic carbocycles. The zero-order valence-electron chi connectivity index (χ0n) is 8.23. The molecule has 1 rings (SSSR count). The van der Waals surface area contributed by atoms with Crippen LogP contribution in [-0.2, 0) is 14.8 Å². The fourth-order valence-corrected chi connectivity index (χ4v) is 2.49. The van der Waals surface area contributed by atoms with E-state index in [0.29, 0.717) is 5.69 Å². The van der Waals surface area contributed by atoms with Gasteiger partial charge in [-0.25, -0.2) is 8.42 Å². The van der Waals surface area contributed by atoms with Gasteiger partial charge in [0.2, 0.25) is 10.0 Å². The van der Waals surface area contributed by atoms with Crippen LogP contribution in [0.15, 0.2) is 24.3 Å². The molecule has 0 unspecified atom stereocenters. The van der Waals surface area contributed by atoms with Gasteiger partial charge < -0.3 is 4.74 Å². The van der Waals surface area contributed by atoms with Crippen molar-refractivity contribution in [3.05, 3.63) is 27.8 Å². The maximum Gasteiger partial charge on any atom is 0.234 e. The van der Waals surface area contributed by atoms with Gasteiger partial charge in [-0.05, 0) is 40.8 Å². The Kier molecular flexibility index (Phi) is 4.81. The number of nitrogens with one attached hydrogen (secondary N) is 1. The fraction of sp³-hybridized carbons (Fsp3) is 0.333. The summed E-state index contributed by atoms with van der Waals surface area (Å²) in [6, 6.07) is 7.18. The second-order valence-electron chi connectivity index (χ2n) is 2.92. The van der Waals surface area contributed by atoms with Gasteiger partial charge >= 0.3 is 0 Å². The van der Waals surface area contributed by atoms with E-state index in [1.165, 1.54) is 7.11 Å². The van der Waals surface area contributed by atoms with Crippen molar-refractivity contribution in [3.63, 3.8) is 0 Å². The molecule has 0 aliphatic heterocycles. The lowest BCUT2D eigenvalue weighted by Gasteiger charge is -2.07. The minimum atomic E-state index is -3.29. The van der Waals surface area contributed by atoms with Crippen molar-refractivity contribution >= 4 is 38.3 Å². The Morgan fingerprint density at radius 3 is 2.80 bits per heavy atom. The molecular weight excluding hydrogens is 329 g/mol. The Morgan fingerprint density at radius 1 is 1.47 bits per heavy atom. The molecule has 0 aromatic heterocycles. The SMILES string of the molecule is COCCS(=O)(=O)Nc1cccc(I)c1. The molecule has 0 aliphatic carbocycles. The van der Waals surface area contributed by atoms with E-state index in [-0.39, 0.29) is 12.4 Å². The first-order valence-electron chi connectivity index (χ1n) is 4.28. The van der Waals surface area contributed by atoms with Gasteiger partial charge in [0, 0.05) is 16.4 Å². The minimum absolute atomic E-state index is 0.0328. The van der Waals surface area contributed by atoms with Crippen LogP contribution in [0.5, 0.6) is 0 Å². The maximum atomic E-state index is 11.5. The normalized spacial score (nSPS) is 11.3. The highest BCUT2D eigenvalue weighted by Crippen LogP contribution is 2.13. The van der Waals surface area contributed by atoms with Crippen LogP contribution in [-0.4, -0.2) is 27.9 Å². The van der Waals surface area contributed by atoms with Crippen molar-refractivity contribution in [2.24, 2.45) is 0 Å². The number of halogens is 1. The molecule has 0 atom stereocenters. The summed E-state index contributed by atoms with van der Waals surface area (Å²) in [5, 5.41) is 0. The number of benzene rings is 1. The molecule has 0 bridgehead atoms. The number of ether oxygens (including phenoxy) is 1. The number of hydrogen-bond acceptors (Lipinski definition) is 3. The molecule has 1 N–H and O–H groups in total. The highest BCUT2D eigenvalue weighted by Gasteiger charge is 2.09. The van der Waals surface area contributed by atoms with Crippen molar-refractivity contribution in [2.75, 3.05) is 24.2 Å². The van der Waals surface area contributed by atoms with Gasteiger partial charge in [-0.3, -0.25) is 4.72 Å². The molecular formula is C9H12INO3S. The van der Waals surface area contributed by atoms with E-state index in [1.807, 2.05) is 6.07 Å². The predicted molar refractivity (Wildman–Crippen MR) is 68.4 cm³/mol. The topological polar surface area (TPSA) is 55.4 Å². The minimum Gasteiger partial charge on any atom is -0.384 e. The molecule has 0 radical (unpaired) electrons. The summed E-state index contributed by atoms with van der Waals surface area (Å²) in [7, 11) is -1.82. The zero-order chi connectivity index (χ0) is 11.3. The van der Waals surface area contributed by atoms with Gasteiger partial charge in [0.15, 0.2) is 0 Å². The Hall–Kier alpha value is -0.340. The van der Waals surface area contributed by atoms with Crippen LogP contribution in [0, 0.1) is 3.57 Å². The molecule has 15 heavy (non-hydrogen) atoms. The number of rotatable bonds is 5. The summed E-state index contributed by atoms with van der Waals surface area (Å²) in [4.78, 5) is 0. The monoisotopic (exact) mass is 341 g/mol. The lowest BCUT2D eigenvalue weighted by Crippen LogP contribution is -2.19. The molecule has 0 aliphatic rings. The highest BCUT2D eigenvalue weighted by atomic mass is 127. The van der Waals surface area contributed by atoms with Gasteiger partial charge in [-0.15, -0.1) is 0 Å². The number of hydrogen-bond donors (Lipinski definition) is 1. The van der Waals surface area contributed by atoms with Crippen molar-refractivity contribution in [1.29, 1.82) is 0 Å². The largest absolute Gasteiger partial charge is 0.384 e. The lowest BCUT2D eigenvalue weighted by molar-refractivity contribution is 0.217. The van der Waals surface area contributed by atoms with Crippen molar-refractivity contribution in [3.8, 4) is 0 Å². The Labute approximate surface area is 103 Å². The maximum absolute atomic E-state index is 11.5. The second-order valence-corrected chi connectivity index (χ2v) is 6.01. The molecule has 0 spiro atoms. The number of methoxy groups -OCH3 is 1. The van der Waals surface area contributed by atoms with Crippen molar-refractivity contribution in [2.45, 2.75) is 0 Å². The third-order valence-corrected chi connectivity index (χ3v) is 3.58. The van der Waals surface area contributed by atoms with E-state index in [2.05, 4.69) is 27.3 Å². The van der Waals surface area contributed by atoms with Gasteiger partial charge in [0.05, 0.1) is 12.4 Å². The highest BCUT2D eigenvalue weighted by molar-refractivity contribution is 14.1. The van der Waals surface area contributed by atoms with Gasteiger partial charge in [-0.2, -0.15) is 0 Å². The first-order chi connectivity index (χ1) is 7.03. The van der Waals surface area contributed by atoms with Crippen molar-refractivity contribution in [1.82, 2.24) is 0 Å². The van der Waals surface area contributed by atoms with Crippen LogP contribution in [0.2, 0.25) is 0 Å². The molecule has 4 nitrogen and oxygen atoms in total. The standard InChI is InChI=1S/C9H12INO3S/c1-14-5-6-15(12,13)11-9-4-2-3-8(10)7-9/h2-4,7,11H,5-6H2,1H3. The summed E-state index contributed by atoms with van der Waals surface area (Å²) < 4.78 is 31.1. The quantitative estimate of drug-likeness (QED) is 0.829. The van der Waals surface area contributed by atoms with Crippen LogP contribution in [0.1, 0.15) is 0 Å². The average Bonchev–Trinajstić information content (AvgIpc) is 2.14. The molecule has 1 aromatic rings. The number of sulfonamides is 1. The summed E-state index contributed by atoms with van der Waals surface area (Å²) >= 11 is 2.13. The van der Waals surface area contributed by atoms with E-state index < -0.39 is 10.0 Å². The summed E-state index contributed by atoms with van der Waals surface area (Å²) in [5.41, 5.74) is 0.581. The molecule has 0 amide bonds. The van der Waals surface area contributed by atoms with E-state index in [4.69, 9.17) is 4.74 Å². The lowest BCUT2D eigenvalue weighted by atomic mass is 10.3. The van der Waals surface area contributed by atoms with Crippen LogP contribution >= 0.6 is 22.6 Å². The summed E-state index contributed by atoms with van der Waals surface area (Å²) in [6.07, 6.45) is 0. The van der Waals surface area contributed by atoms with Crippen LogP contribution in [0.25, 0.3) is 0 Å². The summed E-state index contributed by atoms with van der Waals surface area (Å²) in [6.45, 7) is 0.194. The van der Waals surface area contributed by atoms with E-state index >= 15 is 0 Å². The van der Waals surface area contributed by atoms with E-state index in [0.717, 1.165) is 3.57 Å². The van der Waals surface area contributed by atoms with Gasteiger partial charge in [-0.1, -0.05) is 6.07 Å². The van der Waals surface area contributed by atoms with Crippen LogP contribution in [0.4, 0.5) is 5.69 Å². The first-order valence-corrected chi connectivity index (χ1v) is 7.01. The first kappa shape index (κ1) is 12.7. The smallest absolute Gasteiger partial charge is 0.234 e. The Morgan fingerprint density at radius 2 is 2.20 bits per heavy atom. The second kappa shape index (κ2) is 5.66. The van der Waals surface area contributed by atoms with Crippen LogP contribution < -0.4 is 4.72 Å². The van der Waals surface area contributed by atoms with E-state index in [1.54, 1.807) is 18.2 Å². The third kappa shape index (κ3) is 4.80. The summed E-state index contributed by atoms with van der Waals surface area (Å²) in [5.74, 6) is -0.0328. The average molecular weight is 341 g/mol. The van der Waals surface area contributed by atoms with Gasteiger partial charge in [0.25, 0.3) is 0 Å². The van der Waals surface area contributed by atoms with Crippen molar-refractivity contribution < 1.29 is 13.2 Å². The van der Waals surface area contributed by atoms with E-state index in [9.17, 15) is 8.42 Å². The van der Waals surface area contributed by atoms with Crippen LogP contribution in [0.3, 0.4) is 0 Å². The molecule has 6 heteroatoms. The molecule has 0 heterocycles.